The average molecular weight is 464 g/mol. The number of carbonyl (C=O) groups excluding carboxylic acids is 1. The van der Waals surface area contributed by atoms with E-state index in [1.807, 2.05) is 37.3 Å². The maximum Gasteiger partial charge on any atom is 0.237 e. The lowest BCUT2D eigenvalue weighted by Gasteiger charge is -2.32. The molecule has 0 spiro atoms. The Hall–Kier alpha value is -2.90. The largest absolute Gasteiger partial charge is 0.497 e. The van der Waals surface area contributed by atoms with E-state index in [2.05, 4.69) is 38.2 Å². The monoisotopic (exact) mass is 463 g/mol. The fraction of sp³-hybridized carbons (Fsp3) is 0.346. The number of hydrogen-bond acceptors (Lipinski definition) is 6. The number of ether oxygens (including phenoxy) is 2. The van der Waals surface area contributed by atoms with Gasteiger partial charge in [0.25, 0.3) is 0 Å². The van der Waals surface area contributed by atoms with Crippen LogP contribution in [0.1, 0.15) is 37.6 Å². The molecule has 2 aromatic carbocycles. The van der Waals surface area contributed by atoms with E-state index >= 15 is 0 Å². The summed E-state index contributed by atoms with van der Waals surface area (Å²) in [6.07, 6.45) is 0.696. The quantitative estimate of drug-likeness (QED) is 0.388. The highest BCUT2D eigenvalue weighted by Crippen LogP contribution is 2.35. The number of nitrogens with zero attached hydrogens (tertiary/aromatic N) is 2. The van der Waals surface area contributed by atoms with Crippen LogP contribution in [0, 0.1) is 6.92 Å². The van der Waals surface area contributed by atoms with Gasteiger partial charge in [-0.05, 0) is 39.8 Å². The second-order valence-electron chi connectivity index (χ2n) is 8.85. The Bertz CT molecular complexity index is 1160. The second-order valence-corrected chi connectivity index (χ2v) is 10.2. The number of hydrogen-bond donors (Lipinski definition) is 1. The van der Waals surface area contributed by atoms with E-state index in [-0.39, 0.29) is 16.8 Å². The minimum absolute atomic E-state index is 0.102. The number of nitrogens with one attached hydrogen (secondary N) is 1. The number of methoxy groups -OCH3 is 1. The number of rotatable bonds is 6. The average Bonchev–Trinajstić information content (AvgIpc) is 2.78. The molecule has 172 valence electrons. The first-order valence-corrected chi connectivity index (χ1v) is 11.8. The lowest BCUT2D eigenvalue weighted by atomic mass is 9.96. The molecule has 0 bridgehead atoms. The van der Waals surface area contributed by atoms with Gasteiger partial charge in [0.2, 0.25) is 5.91 Å². The van der Waals surface area contributed by atoms with Crippen molar-refractivity contribution in [3.8, 4) is 17.1 Å². The Labute approximate surface area is 199 Å². The number of aryl methyl sites for hydroxylation is 1. The van der Waals surface area contributed by atoms with Crippen LogP contribution in [0.4, 0.5) is 5.69 Å². The highest BCUT2D eigenvalue weighted by Gasteiger charge is 2.31. The molecular formula is C26H29N3O3S. The van der Waals surface area contributed by atoms with E-state index in [1.165, 1.54) is 17.3 Å². The highest BCUT2D eigenvalue weighted by molar-refractivity contribution is 8.00. The van der Waals surface area contributed by atoms with Crippen LogP contribution in [0.5, 0.6) is 5.75 Å². The van der Waals surface area contributed by atoms with Gasteiger partial charge in [-0.1, -0.05) is 47.7 Å². The highest BCUT2D eigenvalue weighted by atomic mass is 32.2. The van der Waals surface area contributed by atoms with Crippen molar-refractivity contribution in [2.45, 2.75) is 56.6 Å². The summed E-state index contributed by atoms with van der Waals surface area (Å²) in [5.74, 6) is 1.27. The van der Waals surface area contributed by atoms with Crippen LogP contribution in [0.3, 0.4) is 0 Å². The van der Waals surface area contributed by atoms with Gasteiger partial charge >= 0.3 is 0 Å². The summed E-state index contributed by atoms with van der Waals surface area (Å²) in [5.41, 5.74) is 4.51. The molecule has 3 aromatic rings. The standard InChI is InChI=1S/C26H29N3O3S/c1-16-9-11-18(12-10-16)23-28-22-14-26(3,4)32-15-21(22)25(29-23)33-17(2)24(30)27-19-7-6-8-20(13-19)31-5/h6-13,17H,14-15H2,1-5H3,(H,27,30). The predicted octanol–water partition coefficient (Wildman–Crippen LogP) is 5.43. The molecule has 7 heteroatoms. The molecule has 0 saturated carbocycles. The van der Waals surface area contributed by atoms with Crippen molar-refractivity contribution >= 4 is 23.4 Å². The van der Waals surface area contributed by atoms with Crippen molar-refractivity contribution in [1.82, 2.24) is 9.97 Å². The molecule has 1 atom stereocenters. The fourth-order valence-corrected chi connectivity index (χ4v) is 4.57. The Morgan fingerprint density at radius 2 is 1.94 bits per heavy atom. The SMILES string of the molecule is COc1cccc(NC(=O)C(C)Sc2nc(-c3ccc(C)cc3)nc3c2COC(C)(C)C3)c1. The maximum atomic E-state index is 12.9. The molecule has 1 amide bonds. The molecule has 0 radical (unpaired) electrons. The van der Waals surface area contributed by atoms with Crippen molar-refractivity contribution < 1.29 is 14.3 Å². The Morgan fingerprint density at radius 1 is 1.18 bits per heavy atom. The molecule has 0 aliphatic carbocycles. The number of aromatic nitrogens is 2. The zero-order valence-corrected chi connectivity index (χ0v) is 20.5. The van der Waals surface area contributed by atoms with Crippen LogP contribution in [-0.4, -0.2) is 33.8 Å². The summed E-state index contributed by atoms with van der Waals surface area (Å²) in [4.78, 5) is 22.7. The topological polar surface area (TPSA) is 73.3 Å². The lowest BCUT2D eigenvalue weighted by molar-refractivity contribution is -0.115. The van der Waals surface area contributed by atoms with E-state index in [4.69, 9.17) is 19.4 Å². The van der Waals surface area contributed by atoms with Gasteiger partial charge < -0.3 is 14.8 Å². The molecule has 0 fully saturated rings. The van der Waals surface area contributed by atoms with E-state index in [0.29, 0.717) is 30.3 Å². The summed E-state index contributed by atoms with van der Waals surface area (Å²) in [5, 5.41) is 3.39. The third kappa shape index (κ3) is 5.54. The van der Waals surface area contributed by atoms with E-state index in [1.54, 1.807) is 13.2 Å². The van der Waals surface area contributed by atoms with Crippen molar-refractivity contribution in [2.24, 2.45) is 0 Å². The zero-order chi connectivity index (χ0) is 23.6. The van der Waals surface area contributed by atoms with E-state index < -0.39 is 0 Å². The fourth-order valence-electron chi connectivity index (χ4n) is 3.62. The smallest absolute Gasteiger partial charge is 0.237 e. The number of amides is 1. The Morgan fingerprint density at radius 3 is 2.67 bits per heavy atom. The minimum atomic E-state index is -0.365. The summed E-state index contributed by atoms with van der Waals surface area (Å²) in [6, 6.07) is 15.5. The van der Waals surface area contributed by atoms with Gasteiger partial charge in [-0.3, -0.25) is 4.79 Å². The minimum Gasteiger partial charge on any atom is -0.497 e. The first-order chi connectivity index (χ1) is 15.7. The molecule has 2 heterocycles. The molecule has 1 aliphatic rings. The Balaban J connectivity index is 1.62. The van der Waals surface area contributed by atoms with Gasteiger partial charge in [-0.15, -0.1) is 0 Å². The van der Waals surface area contributed by atoms with Gasteiger partial charge in [-0.2, -0.15) is 0 Å². The third-order valence-electron chi connectivity index (χ3n) is 5.56. The summed E-state index contributed by atoms with van der Waals surface area (Å²) >= 11 is 1.43. The van der Waals surface area contributed by atoms with Crippen LogP contribution in [0.25, 0.3) is 11.4 Å². The van der Waals surface area contributed by atoms with Gasteiger partial charge in [0, 0.05) is 29.3 Å². The number of carbonyl (C=O) groups is 1. The van der Waals surface area contributed by atoms with Gasteiger partial charge in [0.1, 0.15) is 10.8 Å². The summed E-state index contributed by atoms with van der Waals surface area (Å²) in [6.45, 7) is 8.51. The van der Waals surface area contributed by atoms with Crippen molar-refractivity contribution in [2.75, 3.05) is 12.4 Å². The molecule has 1 unspecified atom stereocenters. The third-order valence-corrected chi connectivity index (χ3v) is 6.69. The van der Waals surface area contributed by atoms with Gasteiger partial charge in [-0.25, -0.2) is 9.97 Å². The predicted molar refractivity (Wildman–Crippen MR) is 132 cm³/mol. The molecule has 1 N–H and O–H groups in total. The number of benzene rings is 2. The van der Waals surface area contributed by atoms with Crippen molar-refractivity contribution in [3.63, 3.8) is 0 Å². The second kappa shape index (κ2) is 9.53. The molecular weight excluding hydrogens is 434 g/mol. The van der Waals surface area contributed by atoms with Crippen molar-refractivity contribution in [3.05, 3.63) is 65.4 Å². The molecule has 4 rings (SSSR count). The number of fused-ring (bicyclic) bond motifs is 1. The molecule has 33 heavy (non-hydrogen) atoms. The van der Waals surface area contributed by atoms with Crippen molar-refractivity contribution in [1.29, 1.82) is 0 Å². The molecule has 0 saturated heterocycles. The van der Waals surface area contributed by atoms with Crippen LogP contribution in [-0.2, 0) is 22.6 Å². The lowest BCUT2D eigenvalue weighted by Crippen LogP contribution is -2.33. The summed E-state index contributed by atoms with van der Waals surface area (Å²) < 4.78 is 11.3. The number of anilines is 1. The van der Waals surface area contributed by atoms with Gasteiger partial charge in [0.15, 0.2) is 5.82 Å². The van der Waals surface area contributed by atoms with E-state index in [9.17, 15) is 4.79 Å². The van der Waals surface area contributed by atoms with Crippen LogP contribution < -0.4 is 10.1 Å². The Kier molecular flexibility index (Phi) is 6.72. The molecule has 6 nitrogen and oxygen atoms in total. The normalized spacial score (nSPS) is 15.4. The summed E-state index contributed by atoms with van der Waals surface area (Å²) in [7, 11) is 1.60. The first-order valence-electron chi connectivity index (χ1n) is 11.0. The molecule has 1 aliphatic heterocycles. The van der Waals surface area contributed by atoms with Crippen LogP contribution in [0.2, 0.25) is 0 Å². The van der Waals surface area contributed by atoms with E-state index in [0.717, 1.165) is 21.8 Å². The van der Waals surface area contributed by atoms with Gasteiger partial charge in [0.05, 0.1) is 30.3 Å². The first kappa shape index (κ1) is 23.3. The molecule has 1 aromatic heterocycles. The van der Waals surface area contributed by atoms with Crippen LogP contribution in [0.15, 0.2) is 53.6 Å². The van der Waals surface area contributed by atoms with Crippen LogP contribution >= 0.6 is 11.8 Å². The zero-order valence-electron chi connectivity index (χ0n) is 19.6. The number of thioether (sulfide) groups is 1. The maximum absolute atomic E-state index is 12.9.